The Morgan fingerprint density at radius 1 is 1.05 bits per heavy atom. The number of hydrogen-bond donors (Lipinski definition) is 4. The first-order valence-corrected chi connectivity index (χ1v) is 15.1. The molecule has 2 fully saturated rings. The Hall–Kier alpha value is -3.01. The van der Waals surface area contributed by atoms with Crippen LogP contribution in [-0.2, 0) is 11.8 Å². The number of nitrogen functional groups attached to an aromatic ring is 1. The summed E-state index contributed by atoms with van der Waals surface area (Å²) >= 11 is 0. The van der Waals surface area contributed by atoms with Gasteiger partial charge in [-0.05, 0) is 74.1 Å². The minimum atomic E-state index is -0.850. The van der Waals surface area contributed by atoms with Crippen molar-refractivity contribution in [1.82, 2.24) is 29.4 Å². The number of aliphatic hydroxyl groups is 2. The van der Waals surface area contributed by atoms with Crippen LogP contribution >= 0.6 is 0 Å². The van der Waals surface area contributed by atoms with Crippen LogP contribution in [0.3, 0.4) is 0 Å². The second-order valence-electron chi connectivity index (χ2n) is 13.9. The number of hydrogen-bond acceptors (Lipinski definition) is 7. The molecule has 2 saturated carbocycles. The summed E-state index contributed by atoms with van der Waals surface area (Å²) in [6.07, 6.45) is 5.80. The lowest BCUT2D eigenvalue weighted by molar-refractivity contribution is -0.00532. The number of nitrogens with one attached hydrogen (secondary N) is 1. The average Bonchev–Trinajstić information content (AvgIpc) is 3.58. The van der Waals surface area contributed by atoms with Crippen molar-refractivity contribution >= 4 is 27.9 Å². The smallest absolute Gasteiger partial charge is 0.145 e. The predicted molar refractivity (Wildman–Crippen MR) is 163 cm³/mol. The highest BCUT2D eigenvalue weighted by atomic mass is 16.3. The van der Waals surface area contributed by atoms with E-state index in [4.69, 9.17) is 10.7 Å². The molecule has 0 spiro atoms. The Morgan fingerprint density at radius 3 is 2.56 bits per heavy atom. The van der Waals surface area contributed by atoms with Gasteiger partial charge in [-0.15, -0.1) is 0 Å². The van der Waals surface area contributed by atoms with Crippen molar-refractivity contribution in [3.63, 3.8) is 0 Å². The summed E-state index contributed by atoms with van der Waals surface area (Å²) in [6, 6.07) is 8.59. The van der Waals surface area contributed by atoms with E-state index in [0.717, 1.165) is 41.8 Å². The molecule has 0 radical (unpaired) electrons. The van der Waals surface area contributed by atoms with Crippen LogP contribution in [0.4, 0.5) is 5.82 Å². The highest BCUT2D eigenvalue weighted by Gasteiger charge is 2.44. The van der Waals surface area contributed by atoms with Gasteiger partial charge in [-0.2, -0.15) is 0 Å². The molecule has 1 aromatic carbocycles. The lowest BCUT2D eigenvalue weighted by Gasteiger charge is -2.40. The lowest BCUT2D eigenvalue weighted by Crippen LogP contribution is -2.44. The average molecular weight is 560 g/mol. The zero-order valence-electron chi connectivity index (χ0n) is 25.0. The predicted octanol–water partition coefficient (Wildman–Crippen LogP) is 4.45. The molecular formula is C32H45N7O2. The Morgan fingerprint density at radius 2 is 1.83 bits per heavy atom. The van der Waals surface area contributed by atoms with Gasteiger partial charge in [0.15, 0.2) is 0 Å². The van der Waals surface area contributed by atoms with E-state index in [1.807, 2.05) is 16.8 Å². The number of rotatable bonds is 8. The van der Waals surface area contributed by atoms with Crippen LogP contribution in [0.2, 0.25) is 0 Å². The van der Waals surface area contributed by atoms with Crippen LogP contribution in [0.5, 0.6) is 0 Å². The molecule has 4 atom stereocenters. The highest BCUT2D eigenvalue weighted by molar-refractivity contribution is 5.86. The zero-order chi connectivity index (χ0) is 29.1. The van der Waals surface area contributed by atoms with Crippen molar-refractivity contribution in [3.05, 3.63) is 48.2 Å². The maximum atomic E-state index is 11.1. The number of aromatic amines is 1. The zero-order valence-corrected chi connectivity index (χ0v) is 25.0. The molecule has 3 aromatic heterocycles. The van der Waals surface area contributed by atoms with E-state index in [9.17, 15) is 10.2 Å². The molecule has 3 heterocycles. The summed E-state index contributed by atoms with van der Waals surface area (Å²) in [5.41, 5.74) is 10.4. The molecule has 41 heavy (non-hydrogen) atoms. The Balaban J connectivity index is 1.05. The van der Waals surface area contributed by atoms with Crippen LogP contribution < -0.4 is 5.73 Å². The van der Waals surface area contributed by atoms with Crippen LogP contribution in [0, 0.1) is 17.8 Å². The number of aliphatic hydroxyl groups excluding tert-OH is 2. The molecule has 4 unspecified atom stereocenters. The van der Waals surface area contributed by atoms with Crippen molar-refractivity contribution in [1.29, 1.82) is 0 Å². The minimum Gasteiger partial charge on any atom is -0.390 e. The fraction of sp³-hybridized carbons (Fsp3) is 0.594. The van der Waals surface area contributed by atoms with E-state index >= 15 is 0 Å². The quantitative estimate of drug-likeness (QED) is 0.251. The van der Waals surface area contributed by atoms with E-state index in [2.05, 4.69) is 72.7 Å². The largest absolute Gasteiger partial charge is 0.390 e. The summed E-state index contributed by atoms with van der Waals surface area (Å²) < 4.78 is 1.96. The number of aromatic nitrogens is 5. The third-order valence-corrected chi connectivity index (χ3v) is 9.57. The van der Waals surface area contributed by atoms with Crippen LogP contribution in [0.1, 0.15) is 71.3 Å². The van der Waals surface area contributed by atoms with Gasteiger partial charge in [-0.1, -0.05) is 26.8 Å². The summed E-state index contributed by atoms with van der Waals surface area (Å²) in [6.45, 7) is 13.0. The number of imidazole rings is 1. The molecule has 4 aromatic rings. The first-order chi connectivity index (χ1) is 19.5. The molecule has 6 rings (SSSR count). The fourth-order valence-corrected chi connectivity index (χ4v) is 7.03. The summed E-state index contributed by atoms with van der Waals surface area (Å²) in [5.74, 6) is 2.80. The number of H-pyrrole nitrogens is 1. The van der Waals surface area contributed by atoms with Gasteiger partial charge in [0, 0.05) is 37.7 Å². The molecule has 220 valence electrons. The molecule has 0 aliphatic heterocycles. The summed E-state index contributed by atoms with van der Waals surface area (Å²) in [7, 11) is 0. The molecule has 0 amide bonds. The Kier molecular flexibility index (Phi) is 7.32. The van der Waals surface area contributed by atoms with Gasteiger partial charge in [-0.3, -0.25) is 0 Å². The molecule has 5 N–H and O–H groups in total. The number of benzene rings is 1. The number of anilines is 1. The van der Waals surface area contributed by atoms with Crippen molar-refractivity contribution in [2.24, 2.45) is 17.8 Å². The van der Waals surface area contributed by atoms with Crippen LogP contribution in [0.25, 0.3) is 22.1 Å². The fourth-order valence-electron chi connectivity index (χ4n) is 7.03. The third-order valence-electron chi connectivity index (χ3n) is 9.57. The Labute approximate surface area is 242 Å². The number of nitrogens with two attached hydrogens (primary N) is 1. The maximum absolute atomic E-state index is 11.1. The summed E-state index contributed by atoms with van der Waals surface area (Å²) in [5, 5.41) is 22.9. The van der Waals surface area contributed by atoms with Crippen molar-refractivity contribution in [3.8, 4) is 0 Å². The van der Waals surface area contributed by atoms with E-state index in [-0.39, 0.29) is 17.4 Å². The lowest BCUT2D eigenvalue weighted by atomic mass is 9.72. The van der Waals surface area contributed by atoms with Gasteiger partial charge in [-0.25, -0.2) is 15.0 Å². The van der Waals surface area contributed by atoms with Crippen LogP contribution in [0.15, 0.2) is 36.8 Å². The summed E-state index contributed by atoms with van der Waals surface area (Å²) in [4.78, 5) is 19.4. The van der Waals surface area contributed by atoms with Gasteiger partial charge in [0.25, 0.3) is 0 Å². The third kappa shape index (κ3) is 5.47. The van der Waals surface area contributed by atoms with Gasteiger partial charge in [0.1, 0.15) is 29.7 Å². The number of nitrogens with zero attached hydrogens (tertiary/aromatic N) is 5. The molecule has 2 aliphatic carbocycles. The molecule has 9 nitrogen and oxygen atoms in total. The van der Waals surface area contributed by atoms with E-state index in [0.29, 0.717) is 35.8 Å². The Bertz CT molecular complexity index is 1510. The van der Waals surface area contributed by atoms with E-state index in [1.165, 1.54) is 24.7 Å². The van der Waals surface area contributed by atoms with E-state index < -0.39 is 12.2 Å². The van der Waals surface area contributed by atoms with Crippen LogP contribution in [-0.4, -0.2) is 71.0 Å². The molecule has 2 aliphatic rings. The monoisotopic (exact) mass is 559 g/mol. The van der Waals surface area contributed by atoms with Crippen molar-refractivity contribution < 1.29 is 10.2 Å². The second kappa shape index (κ2) is 10.7. The standard InChI is InChI=1S/C32H45N7O2/c1-18(2)38(16-21-13-26(29(41)28(21)40)39-9-8-23-30(33)34-17-35-31(23)39)15-20-10-19(11-20)12-27-36-24-7-6-22(32(3,4)5)14-25(24)37-27/h6-9,14,17-21,26,28-29,40-41H,10-13,15-16H2,1-5H3,(H,36,37)(H2,33,34,35). The first kappa shape index (κ1) is 28.1. The topological polar surface area (TPSA) is 129 Å². The molecular weight excluding hydrogens is 514 g/mol. The van der Waals surface area contributed by atoms with E-state index in [1.54, 1.807) is 0 Å². The van der Waals surface area contributed by atoms with Gasteiger partial charge in [0.2, 0.25) is 0 Å². The van der Waals surface area contributed by atoms with Crippen molar-refractivity contribution in [2.45, 2.75) is 90.0 Å². The first-order valence-electron chi connectivity index (χ1n) is 15.1. The van der Waals surface area contributed by atoms with Gasteiger partial charge in [0.05, 0.1) is 28.6 Å². The molecule has 0 bridgehead atoms. The molecule has 9 heteroatoms. The van der Waals surface area contributed by atoms with Gasteiger partial charge < -0.3 is 30.4 Å². The SMILES string of the molecule is CC(C)N(CC1CC(Cc2nc3ccc(C(C)(C)C)cc3[nH]2)C1)CC1CC(n2ccc3c(N)ncnc32)C(O)C1O. The number of fused-ring (bicyclic) bond motifs is 2. The second-order valence-corrected chi connectivity index (χ2v) is 13.9. The highest BCUT2D eigenvalue weighted by Crippen LogP contribution is 2.40. The maximum Gasteiger partial charge on any atom is 0.145 e. The molecule has 0 saturated heterocycles. The minimum absolute atomic E-state index is 0.0153. The van der Waals surface area contributed by atoms with Gasteiger partial charge >= 0.3 is 0 Å². The normalized spacial score (nSPS) is 27.0. The van der Waals surface area contributed by atoms with Crippen molar-refractivity contribution in [2.75, 3.05) is 18.8 Å².